The van der Waals surface area contributed by atoms with Gasteiger partial charge in [-0.05, 0) is 19.1 Å². The van der Waals surface area contributed by atoms with E-state index in [-0.39, 0.29) is 6.04 Å². The van der Waals surface area contributed by atoms with Crippen molar-refractivity contribution in [1.82, 2.24) is 9.97 Å². The topological polar surface area (TPSA) is 51.8 Å². The molecule has 88 valence electrons. The summed E-state index contributed by atoms with van der Waals surface area (Å²) in [4.78, 5) is 9.47. The van der Waals surface area contributed by atoms with Crippen LogP contribution in [0.3, 0.4) is 0 Å². The van der Waals surface area contributed by atoms with Crippen LogP contribution in [-0.4, -0.2) is 15.7 Å². The summed E-state index contributed by atoms with van der Waals surface area (Å²) in [7, 11) is 0. The molecule has 1 aromatic carbocycles. The number of rotatable bonds is 4. The third-order valence-corrected chi connectivity index (χ3v) is 3.50. The minimum absolute atomic E-state index is 0.0748. The lowest BCUT2D eigenvalue weighted by Crippen LogP contribution is -2.14. The Hall–Kier alpha value is -1.39. The SMILES string of the molecule is Cc1cccc(SCC(N)c2cnccn2)c1. The summed E-state index contributed by atoms with van der Waals surface area (Å²) in [6.07, 6.45) is 5.05. The van der Waals surface area contributed by atoms with Crippen LogP contribution >= 0.6 is 11.8 Å². The molecule has 1 unspecified atom stereocenters. The second kappa shape index (κ2) is 5.80. The van der Waals surface area contributed by atoms with Crippen molar-refractivity contribution < 1.29 is 0 Å². The molecule has 0 saturated carbocycles. The van der Waals surface area contributed by atoms with Gasteiger partial charge >= 0.3 is 0 Å². The van der Waals surface area contributed by atoms with Gasteiger partial charge in [-0.15, -0.1) is 11.8 Å². The molecular formula is C13H15N3S. The van der Waals surface area contributed by atoms with Crippen LogP contribution in [0.4, 0.5) is 0 Å². The largest absolute Gasteiger partial charge is 0.322 e. The third kappa shape index (κ3) is 3.54. The zero-order valence-electron chi connectivity index (χ0n) is 9.71. The average molecular weight is 245 g/mol. The number of nitrogens with zero attached hydrogens (tertiary/aromatic N) is 2. The second-order valence-corrected chi connectivity index (χ2v) is 4.96. The van der Waals surface area contributed by atoms with E-state index in [1.165, 1.54) is 10.5 Å². The first kappa shape index (κ1) is 12.1. The van der Waals surface area contributed by atoms with Crippen molar-refractivity contribution in [3.63, 3.8) is 0 Å². The molecule has 3 nitrogen and oxygen atoms in total. The molecule has 1 atom stereocenters. The highest BCUT2D eigenvalue weighted by Crippen LogP contribution is 2.22. The lowest BCUT2D eigenvalue weighted by Gasteiger charge is -2.10. The summed E-state index contributed by atoms with van der Waals surface area (Å²) in [6.45, 7) is 2.09. The number of nitrogens with two attached hydrogens (primary N) is 1. The molecule has 1 heterocycles. The maximum absolute atomic E-state index is 6.06. The fourth-order valence-corrected chi connectivity index (χ4v) is 2.47. The van der Waals surface area contributed by atoms with Gasteiger partial charge in [0.15, 0.2) is 0 Å². The Labute approximate surface area is 105 Å². The fraction of sp³-hybridized carbons (Fsp3) is 0.231. The highest BCUT2D eigenvalue weighted by Gasteiger charge is 2.07. The van der Waals surface area contributed by atoms with E-state index in [4.69, 9.17) is 5.73 Å². The number of thioether (sulfide) groups is 1. The number of hydrogen-bond acceptors (Lipinski definition) is 4. The molecule has 4 heteroatoms. The fourth-order valence-electron chi connectivity index (χ4n) is 1.48. The van der Waals surface area contributed by atoms with Gasteiger partial charge in [0.05, 0.1) is 11.7 Å². The molecule has 2 N–H and O–H groups in total. The molecule has 0 saturated heterocycles. The summed E-state index contributed by atoms with van der Waals surface area (Å²) >= 11 is 1.74. The van der Waals surface area contributed by atoms with Gasteiger partial charge in [0.2, 0.25) is 0 Å². The van der Waals surface area contributed by atoms with Crippen molar-refractivity contribution in [2.24, 2.45) is 5.73 Å². The Balaban J connectivity index is 1.95. The molecule has 0 radical (unpaired) electrons. The first-order valence-corrected chi connectivity index (χ1v) is 6.45. The number of aromatic nitrogens is 2. The van der Waals surface area contributed by atoms with E-state index in [2.05, 4.69) is 41.2 Å². The van der Waals surface area contributed by atoms with E-state index in [1.54, 1.807) is 30.4 Å². The molecule has 17 heavy (non-hydrogen) atoms. The first-order valence-electron chi connectivity index (χ1n) is 5.46. The molecule has 0 aliphatic carbocycles. The Kier molecular flexibility index (Phi) is 4.12. The van der Waals surface area contributed by atoms with E-state index < -0.39 is 0 Å². The highest BCUT2D eigenvalue weighted by molar-refractivity contribution is 7.99. The van der Waals surface area contributed by atoms with Crippen molar-refractivity contribution in [2.45, 2.75) is 17.9 Å². The first-order chi connectivity index (χ1) is 8.25. The molecule has 0 amide bonds. The quantitative estimate of drug-likeness (QED) is 0.841. The molecule has 0 spiro atoms. The van der Waals surface area contributed by atoms with E-state index in [0.717, 1.165) is 11.4 Å². The van der Waals surface area contributed by atoms with Gasteiger partial charge in [-0.2, -0.15) is 0 Å². The lowest BCUT2D eigenvalue weighted by molar-refractivity contribution is 0.783. The molecular weight excluding hydrogens is 230 g/mol. The monoisotopic (exact) mass is 245 g/mol. The smallest absolute Gasteiger partial charge is 0.0762 e. The molecule has 0 aliphatic rings. The van der Waals surface area contributed by atoms with Gasteiger partial charge in [-0.25, -0.2) is 0 Å². The second-order valence-electron chi connectivity index (χ2n) is 3.86. The van der Waals surface area contributed by atoms with Gasteiger partial charge in [-0.3, -0.25) is 9.97 Å². The van der Waals surface area contributed by atoms with Crippen molar-refractivity contribution >= 4 is 11.8 Å². The maximum Gasteiger partial charge on any atom is 0.0762 e. The van der Waals surface area contributed by atoms with E-state index in [0.29, 0.717) is 0 Å². The molecule has 0 aliphatic heterocycles. The zero-order chi connectivity index (χ0) is 12.1. The van der Waals surface area contributed by atoms with Gasteiger partial charge in [0, 0.05) is 29.2 Å². The van der Waals surface area contributed by atoms with Gasteiger partial charge < -0.3 is 5.73 Å². The van der Waals surface area contributed by atoms with E-state index in [9.17, 15) is 0 Å². The summed E-state index contributed by atoms with van der Waals surface area (Å²) in [5.41, 5.74) is 8.16. The van der Waals surface area contributed by atoms with Crippen LogP contribution in [0.5, 0.6) is 0 Å². The van der Waals surface area contributed by atoms with Crippen molar-refractivity contribution in [1.29, 1.82) is 0 Å². The molecule has 0 fully saturated rings. The Morgan fingerprint density at radius 1 is 1.35 bits per heavy atom. The Morgan fingerprint density at radius 2 is 2.24 bits per heavy atom. The van der Waals surface area contributed by atoms with Crippen molar-refractivity contribution in [3.05, 3.63) is 54.1 Å². The highest BCUT2D eigenvalue weighted by atomic mass is 32.2. The van der Waals surface area contributed by atoms with Crippen molar-refractivity contribution in [3.8, 4) is 0 Å². The average Bonchev–Trinajstić information content (AvgIpc) is 2.37. The molecule has 2 rings (SSSR count). The minimum atomic E-state index is -0.0748. The normalized spacial score (nSPS) is 12.4. The standard InChI is InChI=1S/C13H15N3S/c1-10-3-2-4-11(7-10)17-9-12(14)13-8-15-5-6-16-13/h2-8,12H,9,14H2,1H3. The minimum Gasteiger partial charge on any atom is -0.322 e. The summed E-state index contributed by atoms with van der Waals surface area (Å²) < 4.78 is 0. The van der Waals surface area contributed by atoms with Crippen LogP contribution < -0.4 is 5.73 Å². The predicted molar refractivity (Wildman–Crippen MR) is 70.9 cm³/mol. The number of aryl methyl sites for hydroxylation is 1. The van der Waals surface area contributed by atoms with E-state index in [1.807, 2.05) is 0 Å². The number of benzene rings is 1. The van der Waals surface area contributed by atoms with Crippen LogP contribution in [0.1, 0.15) is 17.3 Å². The van der Waals surface area contributed by atoms with Crippen LogP contribution in [0, 0.1) is 6.92 Å². The summed E-state index contributed by atoms with van der Waals surface area (Å²) in [5.74, 6) is 0.808. The van der Waals surface area contributed by atoms with Gasteiger partial charge in [0.25, 0.3) is 0 Å². The van der Waals surface area contributed by atoms with Crippen LogP contribution in [0.15, 0.2) is 47.8 Å². The number of hydrogen-bond donors (Lipinski definition) is 1. The third-order valence-electron chi connectivity index (χ3n) is 2.38. The molecule has 1 aromatic heterocycles. The Morgan fingerprint density at radius 3 is 2.94 bits per heavy atom. The van der Waals surface area contributed by atoms with Crippen molar-refractivity contribution in [2.75, 3.05) is 5.75 Å². The van der Waals surface area contributed by atoms with E-state index >= 15 is 0 Å². The summed E-state index contributed by atoms with van der Waals surface area (Å²) in [6, 6.07) is 8.34. The maximum atomic E-state index is 6.06. The summed E-state index contributed by atoms with van der Waals surface area (Å²) in [5, 5.41) is 0. The zero-order valence-corrected chi connectivity index (χ0v) is 10.5. The van der Waals surface area contributed by atoms with Crippen LogP contribution in [0.25, 0.3) is 0 Å². The molecule has 2 aromatic rings. The lowest BCUT2D eigenvalue weighted by atomic mass is 10.2. The van der Waals surface area contributed by atoms with Crippen LogP contribution in [0.2, 0.25) is 0 Å². The molecule has 0 bridgehead atoms. The predicted octanol–water partition coefficient (Wildman–Crippen LogP) is 2.58. The van der Waals surface area contributed by atoms with Gasteiger partial charge in [0.1, 0.15) is 0 Å². The Bertz CT molecular complexity index is 473. The van der Waals surface area contributed by atoms with Gasteiger partial charge in [-0.1, -0.05) is 17.7 Å². The van der Waals surface area contributed by atoms with Crippen LogP contribution in [-0.2, 0) is 0 Å².